The molecule has 0 radical (unpaired) electrons. The lowest BCUT2D eigenvalue weighted by atomic mass is 9.88. The first-order chi connectivity index (χ1) is 11.4. The van der Waals surface area contributed by atoms with Crippen LogP contribution in [-0.4, -0.2) is 45.7 Å². The predicted octanol–water partition coefficient (Wildman–Crippen LogP) is 2.57. The number of rotatable bonds is 7. The van der Waals surface area contributed by atoms with Crippen LogP contribution in [0.1, 0.15) is 62.3 Å². The van der Waals surface area contributed by atoms with E-state index in [1.165, 1.54) is 56.3 Å². The molecular weight excluding hydrogens is 288 g/mol. The van der Waals surface area contributed by atoms with Crippen LogP contribution in [0.15, 0.2) is 0 Å². The highest BCUT2D eigenvalue weighted by molar-refractivity contribution is 5.20. The molecule has 0 unspecified atom stereocenters. The quantitative estimate of drug-likeness (QED) is 0.775. The zero-order valence-corrected chi connectivity index (χ0v) is 14.0. The maximum atomic E-state index is 6.08. The minimum atomic E-state index is 0.465. The van der Waals surface area contributed by atoms with Crippen LogP contribution in [-0.2, 0) is 17.8 Å². The van der Waals surface area contributed by atoms with Crippen molar-refractivity contribution in [2.75, 3.05) is 19.8 Å². The smallest absolute Gasteiger partial charge is 0.100 e. The van der Waals surface area contributed by atoms with Crippen LogP contribution in [0.25, 0.3) is 0 Å². The first kappa shape index (κ1) is 14.4. The molecule has 23 heavy (non-hydrogen) atoms. The lowest BCUT2D eigenvalue weighted by molar-refractivity contribution is 0.0569. The van der Waals surface area contributed by atoms with Crippen molar-refractivity contribution in [1.29, 1.82) is 0 Å². The maximum absolute atomic E-state index is 6.08. The molecule has 3 saturated carbocycles. The lowest BCUT2D eigenvalue weighted by Gasteiger charge is -2.41. The molecule has 1 aliphatic heterocycles. The van der Waals surface area contributed by atoms with Crippen LogP contribution in [0.5, 0.6) is 0 Å². The summed E-state index contributed by atoms with van der Waals surface area (Å²) in [4.78, 5) is 2.65. The summed E-state index contributed by atoms with van der Waals surface area (Å²) in [5, 5.41) is 9.06. The van der Waals surface area contributed by atoms with Gasteiger partial charge in [0.05, 0.1) is 12.3 Å². The van der Waals surface area contributed by atoms with E-state index in [0.29, 0.717) is 5.92 Å². The van der Waals surface area contributed by atoms with E-state index in [1.807, 2.05) is 0 Å². The zero-order chi connectivity index (χ0) is 15.2. The van der Waals surface area contributed by atoms with Gasteiger partial charge in [0.15, 0.2) is 0 Å². The Labute approximate surface area is 138 Å². The van der Waals surface area contributed by atoms with Crippen molar-refractivity contribution in [2.24, 2.45) is 11.8 Å². The van der Waals surface area contributed by atoms with Gasteiger partial charge in [0.25, 0.3) is 0 Å². The van der Waals surface area contributed by atoms with E-state index in [0.717, 1.165) is 50.7 Å². The number of hydrogen-bond donors (Lipinski definition) is 0. The second-order valence-corrected chi connectivity index (χ2v) is 8.24. The SMILES string of the molecule is C1CC(N2Cc3nnn(CC4CC4)c3[C@H](COCC3CC3)C2)C1. The molecule has 0 saturated heterocycles. The Morgan fingerprint density at radius 3 is 2.52 bits per heavy atom. The second kappa shape index (κ2) is 5.85. The van der Waals surface area contributed by atoms with E-state index in [-0.39, 0.29) is 0 Å². The van der Waals surface area contributed by atoms with Crippen LogP contribution < -0.4 is 0 Å². The summed E-state index contributed by atoms with van der Waals surface area (Å²) in [6, 6.07) is 0.780. The largest absolute Gasteiger partial charge is 0.380 e. The summed E-state index contributed by atoms with van der Waals surface area (Å²) in [7, 11) is 0. The van der Waals surface area contributed by atoms with E-state index in [4.69, 9.17) is 4.74 Å². The number of nitrogens with zero attached hydrogens (tertiary/aromatic N) is 4. The summed E-state index contributed by atoms with van der Waals surface area (Å²) >= 11 is 0. The highest BCUT2D eigenvalue weighted by Gasteiger charge is 2.37. The molecule has 0 spiro atoms. The van der Waals surface area contributed by atoms with Gasteiger partial charge in [-0.25, -0.2) is 4.68 Å². The first-order valence-corrected chi connectivity index (χ1v) is 9.61. The van der Waals surface area contributed by atoms with Crippen molar-refractivity contribution >= 4 is 0 Å². The highest BCUT2D eigenvalue weighted by Crippen LogP contribution is 2.37. The Balaban J connectivity index is 1.33. The van der Waals surface area contributed by atoms with Crippen LogP contribution in [0.2, 0.25) is 0 Å². The van der Waals surface area contributed by atoms with Gasteiger partial charge in [0.2, 0.25) is 0 Å². The fraction of sp³-hybridized carbons (Fsp3) is 0.889. The molecule has 3 aliphatic carbocycles. The van der Waals surface area contributed by atoms with Crippen molar-refractivity contribution < 1.29 is 4.74 Å². The molecule has 1 aromatic heterocycles. The van der Waals surface area contributed by atoms with Crippen molar-refractivity contribution in [3.8, 4) is 0 Å². The van der Waals surface area contributed by atoms with Gasteiger partial charge in [-0.15, -0.1) is 5.10 Å². The second-order valence-electron chi connectivity index (χ2n) is 8.24. The van der Waals surface area contributed by atoms with Crippen molar-refractivity contribution in [3.05, 3.63) is 11.4 Å². The van der Waals surface area contributed by atoms with Gasteiger partial charge in [0, 0.05) is 38.2 Å². The summed E-state index contributed by atoms with van der Waals surface area (Å²) < 4.78 is 8.30. The topological polar surface area (TPSA) is 43.2 Å². The van der Waals surface area contributed by atoms with Gasteiger partial charge in [-0.2, -0.15) is 0 Å². The Morgan fingerprint density at radius 2 is 1.83 bits per heavy atom. The normalized spacial score (nSPS) is 28.6. The van der Waals surface area contributed by atoms with E-state index in [1.54, 1.807) is 0 Å². The fourth-order valence-electron chi connectivity index (χ4n) is 4.04. The third-order valence-electron chi connectivity index (χ3n) is 6.13. The average Bonchev–Trinajstić information content (AvgIpc) is 3.38. The van der Waals surface area contributed by atoms with Crippen molar-refractivity contribution in [2.45, 2.75) is 70.0 Å². The first-order valence-electron chi connectivity index (χ1n) is 9.61. The standard InChI is InChI=1S/C18H28N4O/c1-2-16(3-1)21-9-15(12-23-11-14-6-7-14)18-17(10-21)19-20-22(18)8-13-4-5-13/h13-16H,1-12H2/t15-/m0/s1. The minimum Gasteiger partial charge on any atom is -0.380 e. The molecule has 2 heterocycles. The monoisotopic (exact) mass is 316 g/mol. The lowest BCUT2D eigenvalue weighted by Crippen LogP contribution is -2.45. The summed E-state index contributed by atoms with van der Waals surface area (Å²) in [6.45, 7) is 5.03. The van der Waals surface area contributed by atoms with Gasteiger partial charge in [-0.3, -0.25) is 4.90 Å². The molecule has 0 N–H and O–H groups in total. The molecule has 0 aromatic carbocycles. The Hall–Kier alpha value is -0.940. The van der Waals surface area contributed by atoms with Crippen LogP contribution in [0, 0.1) is 11.8 Å². The average molecular weight is 316 g/mol. The van der Waals surface area contributed by atoms with E-state index >= 15 is 0 Å². The van der Waals surface area contributed by atoms with Gasteiger partial charge < -0.3 is 4.74 Å². The Morgan fingerprint density at radius 1 is 1.00 bits per heavy atom. The predicted molar refractivity (Wildman–Crippen MR) is 87.1 cm³/mol. The molecule has 5 rings (SSSR count). The van der Waals surface area contributed by atoms with E-state index in [9.17, 15) is 0 Å². The van der Waals surface area contributed by atoms with Crippen molar-refractivity contribution in [3.63, 3.8) is 0 Å². The van der Waals surface area contributed by atoms with Gasteiger partial charge in [0.1, 0.15) is 5.69 Å². The van der Waals surface area contributed by atoms with Crippen LogP contribution in [0.3, 0.4) is 0 Å². The van der Waals surface area contributed by atoms with Crippen molar-refractivity contribution in [1.82, 2.24) is 19.9 Å². The van der Waals surface area contributed by atoms with Gasteiger partial charge in [-0.1, -0.05) is 11.6 Å². The molecule has 1 aromatic rings. The van der Waals surface area contributed by atoms with Crippen LogP contribution in [0.4, 0.5) is 0 Å². The van der Waals surface area contributed by atoms with E-state index < -0.39 is 0 Å². The third kappa shape index (κ3) is 3.05. The zero-order valence-electron chi connectivity index (χ0n) is 14.0. The Bertz CT molecular complexity index is 559. The van der Waals surface area contributed by atoms with Gasteiger partial charge >= 0.3 is 0 Å². The Kier molecular flexibility index (Phi) is 3.66. The molecular formula is C18H28N4O. The molecule has 5 nitrogen and oxygen atoms in total. The molecule has 5 heteroatoms. The fourth-order valence-corrected chi connectivity index (χ4v) is 4.04. The molecule has 1 atom stereocenters. The molecule has 0 bridgehead atoms. The van der Waals surface area contributed by atoms with E-state index in [2.05, 4.69) is 19.9 Å². The molecule has 3 fully saturated rings. The minimum absolute atomic E-state index is 0.465. The van der Waals surface area contributed by atoms with Crippen LogP contribution >= 0.6 is 0 Å². The summed E-state index contributed by atoms with van der Waals surface area (Å²) in [5.41, 5.74) is 2.62. The molecule has 126 valence electrons. The summed E-state index contributed by atoms with van der Waals surface area (Å²) in [6.07, 6.45) is 9.58. The maximum Gasteiger partial charge on any atom is 0.100 e. The molecule has 4 aliphatic rings. The molecule has 0 amide bonds. The highest BCUT2D eigenvalue weighted by atomic mass is 16.5. The number of fused-ring (bicyclic) bond motifs is 1. The number of ether oxygens (including phenoxy) is 1. The van der Waals surface area contributed by atoms with Gasteiger partial charge in [-0.05, 0) is 50.4 Å². The number of aromatic nitrogens is 3. The summed E-state index contributed by atoms with van der Waals surface area (Å²) in [5.74, 6) is 2.15. The third-order valence-corrected chi connectivity index (χ3v) is 6.13. The number of hydrogen-bond acceptors (Lipinski definition) is 4.